The van der Waals surface area contributed by atoms with Gasteiger partial charge in [0.05, 0.1) is 19.2 Å². The minimum absolute atomic E-state index is 0.319. The number of rotatable bonds is 5. The molecule has 3 heterocycles. The van der Waals surface area contributed by atoms with E-state index in [1.54, 1.807) is 6.20 Å². The third kappa shape index (κ3) is 3.73. The fourth-order valence-electron chi connectivity index (χ4n) is 2.48. The third-order valence-corrected chi connectivity index (χ3v) is 3.57. The second-order valence-corrected chi connectivity index (χ2v) is 5.59. The smallest absolute Gasteiger partial charge is 0.227 e. The fraction of sp³-hybridized carbons (Fsp3) is 0.533. The average molecular weight is 303 g/mol. The van der Waals surface area contributed by atoms with Gasteiger partial charge in [0.15, 0.2) is 0 Å². The monoisotopic (exact) mass is 303 g/mol. The van der Waals surface area contributed by atoms with Crippen LogP contribution >= 0.6 is 0 Å². The first-order valence-electron chi connectivity index (χ1n) is 7.51. The highest BCUT2D eigenvalue weighted by molar-refractivity contribution is 5.41. The van der Waals surface area contributed by atoms with Crippen molar-refractivity contribution in [3.8, 4) is 0 Å². The molecule has 7 heteroatoms. The Morgan fingerprint density at radius 2 is 2.36 bits per heavy atom. The van der Waals surface area contributed by atoms with Crippen molar-refractivity contribution in [2.45, 2.75) is 32.4 Å². The van der Waals surface area contributed by atoms with Crippen LogP contribution in [0.5, 0.6) is 0 Å². The van der Waals surface area contributed by atoms with Crippen LogP contribution in [0.15, 0.2) is 22.9 Å². The van der Waals surface area contributed by atoms with Crippen LogP contribution in [0.25, 0.3) is 0 Å². The minimum Gasteiger partial charge on any atom is -0.379 e. The highest BCUT2D eigenvalue weighted by atomic mass is 16.5. The molecule has 1 unspecified atom stereocenters. The van der Waals surface area contributed by atoms with Crippen molar-refractivity contribution in [3.63, 3.8) is 0 Å². The van der Waals surface area contributed by atoms with Gasteiger partial charge in [-0.15, -0.1) is 0 Å². The van der Waals surface area contributed by atoms with Crippen molar-refractivity contribution in [2.24, 2.45) is 0 Å². The molecule has 1 atom stereocenters. The average Bonchev–Trinajstić information content (AvgIpc) is 2.93. The Morgan fingerprint density at radius 1 is 1.45 bits per heavy atom. The molecule has 118 valence electrons. The summed E-state index contributed by atoms with van der Waals surface area (Å²) in [4.78, 5) is 10.8. The Morgan fingerprint density at radius 3 is 3.09 bits per heavy atom. The summed E-state index contributed by atoms with van der Waals surface area (Å²) in [5, 5.41) is 7.40. The fourth-order valence-corrected chi connectivity index (χ4v) is 2.48. The van der Waals surface area contributed by atoms with Crippen molar-refractivity contribution in [1.29, 1.82) is 0 Å². The van der Waals surface area contributed by atoms with Crippen LogP contribution in [0.1, 0.15) is 24.3 Å². The predicted molar refractivity (Wildman–Crippen MR) is 82.8 cm³/mol. The largest absolute Gasteiger partial charge is 0.379 e. The summed E-state index contributed by atoms with van der Waals surface area (Å²) in [6.45, 7) is 4.07. The van der Waals surface area contributed by atoms with E-state index in [-0.39, 0.29) is 0 Å². The molecule has 0 aliphatic carbocycles. The number of nitrogens with zero attached hydrogens (tertiary/aromatic N) is 4. The number of hydrogen-bond donors (Lipinski definition) is 1. The van der Waals surface area contributed by atoms with Crippen LogP contribution in [0.4, 0.5) is 11.8 Å². The van der Waals surface area contributed by atoms with Gasteiger partial charge in [0, 0.05) is 25.9 Å². The molecule has 7 nitrogen and oxygen atoms in total. The van der Waals surface area contributed by atoms with Gasteiger partial charge in [-0.25, -0.2) is 4.98 Å². The molecular formula is C15H21N5O2. The first-order chi connectivity index (χ1) is 10.7. The molecule has 0 radical (unpaired) electrons. The number of aryl methyl sites for hydroxylation is 1. The Labute approximate surface area is 129 Å². The predicted octanol–water partition coefficient (Wildman–Crippen LogP) is 2.00. The van der Waals surface area contributed by atoms with E-state index in [0.29, 0.717) is 18.5 Å². The summed E-state index contributed by atoms with van der Waals surface area (Å²) < 4.78 is 10.6. The summed E-state index contributed by atoms with van der Waals surface area (Å²) in [7, 11) is 1.94. The number of anilines is 2. The van der Waals surface area contributed by atoms with Gasteiger partial charge in [0.2, 0.25) is 5.95 Å². The molecule has 1 saturated heterocycles. The maximum absolute atomic E-state index is 5.48. The zero-order valence-corrected chi connectivity index (χ0v) is 13.0. The van der Waals surface area contributed by atoms with Gasteiger partial charge in [-0.05, 0) is 25.8 Å². The highest BCUT2D eigenvalue weighted by Gasteiger charge is 2.15. The molecule has 1 aliphatic rings. The normalized spacial score (nSPS) is 18.2. The number of hydrogen-bond acceptors (Lipinski definition) is 7. The van der Waals surface area contributed by atoms with Gasteiger partial charge < -0.3 is 19.5 Å². The minimum atomic E-state index is 0.319. The lowest BCUT2D eigenvalue weighted by atomic mass is 10.1. The van der Waals surface area contributed by atoms with Crippen LogP contribution < -0.4 is 10.2 Å². The summed E-state index contributed by atoms with van der Waals surface area (Å²) in [6.07, 6.45) is 3.95. The van der Waals surface area contributed by atoms with Gasteiger partial charge in [-0.1, -0.05) is 5.16 Å². The first-order valence-corrected chi connectivity index (χ1v) is 7.51. The second kappa shape index (κ2) is 6.74. The van der Waals surface area contributed by atoms with E-state index in [1.165, 1.54) is 0 Å². The quantitative estimate of drug-likeness (QED) is 0.905. The summed E-state index contributed by atoms with van der Waals surface area (Å²) >= 11 is 0. The standard InChI is InChI=1S/C15H21N5O2/c1-11-8-13(19-22-11)9-20(2)15-16-6-5-14(18-15)17-12-4-3-7-21-10-12/h5-6,8,12H,3-4,7,9-10H2,1-2H3,(H,16,17,18). The van der Waals surface area contributed by atoms with Crippen molar-refractivity contribution < 1.29 is 9.26 Å². The number of aromatic nitrogens is 3. The van der Waals surface area contributed by atoms with Gasteiger partial charge in [0.25, 0.3) is 0 Å². The number of ether oxygens (including phenoxy) is 1. The molecule has 1 N–H and O–H groups in total. The lowest BCUT2D eigenvalue weighted by Crippen LogP contribution is -2.30. The molecule has 0 saturated carbocycles. The molecule has 0 bridgehead atoms. The van der Waals surface area contributed by atoms with Crippen LogP contribution in [0, 0.1) is 6.92 Å². The second-order valence-electron chi connectivity index (χ2n) is 5.59. The van der Waals surface area contributed by atoms with E-state index >= 15 is 0 Å². The molecule has 22 heavy (non-hydrogen) atoms. The molecular weight excluding hydrogens is 282 g/mol. The van der Waals surface area contributed by atoms with E-state index in [4.69, 9.17) is 9.26 Å². The van der Waals surface area contributed by atoms with Crippen LogP contribution in [0.3, 0.4) is 0 Å². The SMILES string of the molecule is Cc1cc(CN(C)c2nccc(NC3CCCOC3)n2)no1. The van der Waals surface area contributed by atoms with Crippen molar-refractivity contribution in [2.75, 3.05) is 30.5 Å². The Balaban J connectivity index is 1.64. The van der Waals surface area contributed by atoms with Gasteiger partial charge in [0.1, 0.15) is 17.3 Å². The van der Waals surface area contributed by atoms with Gasteiger partial charge >= 0.3 is 0 Å². The maximum Gasteiger partial charge on any atom is 0.227 e. The van der Waals surface area contributed by atoms with E-state index in [1.807, 2.05) is 31.0 Å². The van der Waals surface area contributed by atoms with E-state index in [2.05, 4.69) is 20.4 Å². The molecule has 1 aliphatic heterocycles. The molecule has 1 fully saturated rings. The lowest BCUT2D eigenvalue weighted by Gasteiger charge is -2.24. The molecule has 0 aromatic carbocycles. The molecule has 0 amide bonds. The lowest BCUT2D eigenvalue weighted by molar-refractivity contribution is 0.0875. The highest BCUT2D eigenvalue weighted by Crippen LogP contribution is 2.16. The maximum atomic E-state index is 5.48. The van der Waals surface area contributed by atoms with E-state index in [0.717, 1.165) is 43.3 Å². The Hall–Kier alpha value is -2.15. The van der Waals surface area contributed by atoms with Crippen molar-refractivity contribution in [1.82, 2.24) is 15.1 Å². The zero-order chi connectivity index (χ0) is 15.4. The Kier molecular flexibility index (Phi) is 4.53. The third-order valence-electron chi connectivity index (χ3n) is 3.57. The van der Waals surface area contributed by atoms with Gasteiger partial charge in [-0.3, -0.25) is 0 Å². The van der Waals surface area contributed by atoms with Crippen LogP contribution in [0.2, 0.25) is 0 Å². The van der Waals surface area contributed by atoms with Crippen LogP contribution in [-0.4, -0.2) is 41.4 Å². The molecule has 0 spiro atoms. The van der Waals surface area contributed by atoms with Crippen molar-refractivity contribution in [3.05, 3.63) is 29.8 Å². The Bertz CT molecular complexity index is 609. The van der Waals surface area contributed by atoms with E-state index in [9.17, 15) is 0 Å². The molecule has 3 rings (SSSR count). The van der Waals surface area contributed by atoms with E-state index < -0.39 is 0 Å². The molecule has 2 aromatic heterocycles. The topological polar surface area (TPSA) is 76.3 Å². The summed E-state index contributed by atoms with van der Waals surface area (Å²) in [6, 6.07) is 4.12. The van der Waals surface area contributed by atoms with Crippen LogP contribution in [-0.2, 0) is 11.3 Å². The zero-order valence-electron chi connectivity index (χ0n) is 13.0. The van der Waals surface area contributed by atoms with Crippen molar-refractivity contribution >= 4 is 11.8 Å². The number of nitrogens with one attached hydrogen (secondary N) is 1. The summed E-state index contributed by atoms with van der Waals surface area (Å²) in [5.41, 5.74) is 0.864. The first kappa shape index (κ1) is 14.8. The molecule has 2 aromatic rings. The van der Waals surface area contributed by atoms with Gasteiger partial charge in [-0.2, -0.15) is 4.98 Å². The summed E-state index contributed by atoms with van der Waals surface area (Å²) in [5.74, 6) is 2.28.